The van der Waals surface area contributed by atoms with Crippen molar-refractivity contribution in [1.82, 2.24) is 24.9 Å². The molecular weight excluding hydrogens is 337 g/mol. The van der Waals surface area contributed by atoms with E-state index in [0.29, 0.717) is 11.5 Å². The average molecular weight is 357 g/mol. The van der Waals surface area contributed by atoms with E-state index in [0.717, 1.165) is 5.69 Å². The van der Waals surface area contributed by atoms with Crippen molar-refractivity contribution in [2.24, 2.45) is 0 Å². The molecule has 2 aromatic heterocycles. The summed E-state index contributed by atoms with van der Waals surface area (Å²) in [6, 6.07) is 7.56. The van der Waals surface area contributed by atoms with E-state index < -0.39 is 0 Å². The third-order valence-electron chi connectivity index (χ3n) is 3.71. The van der Waals surface area contributed by atoms with Crippen molar-refractivity contribution in [3.8, 4) is 5.75 Å². The van der Waals surface area contributed by atoms with Crippen LogP contribution in [-0.2, 0) is 5.41 Å². The summed E-state index contributed by atoms with van der Waals surface area (Å²) < 4.78 is 20.1. The quantitative estimate of drug-likeness (QED) is 0.709. The number of carbonyl (C=O) groups is 1. The van der Waals surface area contributed by atoms with Crippen LogP contribution in [0.15, 0.2) is 36.7 Å². The molecule has 0 aliphatic heterocycles. The van der Waals surface area contributed by atoms with E-state index in [1.165, 1.54) is 18.5 Å². The summed E-state index contributed by atoms with van der Waals surface area (Å²) in [5.41, 5.74) is 0.868. The molecule has 0 radical (unpaired) electrons. The second-order valence-corrected chi connectivity index (χ2v) is 6.81. The Labute approximate surface area is 150 Å². The largest absolute Gasteiger partial charge is 0.492 e. The van der Waals surface area contributed by atoms with Crippen LogP contribution >= 0.6 is 0 Å². The van der Waals surface area contributed by atoms with Crippen LogP contribution in [0.5, 0.6) is 5.75 Å². The lowest BCUT2D eigenvalue weighted by Gasteiger charge is -2.20. The van der Waals surface area contributed by atoms with Gasteiger partial charge in [0.1, 0.15) is 30.2 Å². The van der Waals surface area contributed by atoms with Crippen molar-refractivity contribution in [2.45, 2.75) is 26.2 Å². The summed E-state index contributed by atoms with van der Waals surface area (Å²) in [4.78, 5) is 20.7. The van der Waals surface area contributed by atoms with Gasteiger partial charge in [-0.3, -0.25) is 4.79 Å². The number of hydrogen-bond donors (Lipinski definition) is 1. The summed E-state index contributed by atoms with van der Waals surface area (Å²) in [6.45, 7) is 6.56. The summed E-state index contributed by atoms with van der Waals surface area (Å²) in [5.74, 6) is 0.0896. The molecule has 0 unspecified atom stereocenters. The molecule has 1 aromatic carbocycles. The third-order valence-corrected chi connectivity index (χ3v) is 3.71. The zero-order valence-electron chi connectivity index (χ0n) is 14.9. The number of nitrogens with zero attached hydrogens (tertiary/aromatic N) is 4. The topological polar surface area (TPSA) is 81.4 Å². The minimum Gasteiger partial charge on any atom is -0.492 e. The molecule has 1 amide bonds. The Hall–Kier alpha value is -3.03. The van der Waals surface area contributed by atoms with Crippen LogP contribution < -0.4 is 10.1 Å². The number of rotatable bonds is 5. The normalized spacial score (nSPS) is 11.5. The molecule has 0 atom stereocenters. The van der Waals surface area contributed by atoms with E-state index in [9.17, 15) is 9.18 Å². The molecule has 0 spiro atoms. The number of benzene rings is 1. The van der Waals surface area contributed by atoms with Crippen molar-refractivity contribution in [1.29, 1.82) is 0 Å². The first-order valence-electron chi connectivity index (χ1n) is 8.22. The number of halogens is 1. The molecule has 7 nitrogen and oxygen atoms in total. The summed E-state index contributed by atoms with van der Waals surface area (Å²) in [6.07, 6.45) is 1.41. The third kappa shape index (κ3) is 3.96. The first kappa shape index (κ1) is 17.8. The van der Waals surface area contributed by atoms with Crippen molar-refractivity contribution >= 4 is 11.7 Å². The number of hydrogen-bond acceptors (Lipinski definition) is 5. The molecule has 1 N–H and O–H groups in total. The Morgan fingerprint density at radius 3 is 2.85 bits per heavy atom. The Morgan fingerprint density at radius 1 is 1.31 bits per heavy atom. The molecule has 0 saturated heterocycles. The van der Waals surface area contributed by atoms with Gasteiger partial charge in [0.15, 0.2) is 0 Å². The number of fused-ring (bicyclic) bond motifs is 1. The highest BCUT2D eigenvalue weighted by molar-refractivity contribution is 5.92. The van der Waals surface area contributed by atoms with Crippen LogP contribution in [0.2, 0.25) is 0 Å². The minimum atomic E-state index is -0.368. The molecule has 0 bridgehead atoms. The number of nitrogens with one attached hydrogen (secondary N) is 1. The van der Waals surface area contributed by atoms with E-state index >= 15 is 0 Å². The van der Waals surface area contributed by atoms with E-state index in [1.807, 2.05) is 20.8 Å². The molecule has 0 aliphatic carbocycles. The average Bonchev–Trinajstić information content (AvgIpc) is 3.05. The lowest BCUT2D eigenvalue weighted by molar-refractivity contribution is 0.0942. The molecule has 8 heteroatoms. The zero-order valence-corrected chi connectivity index (χ0v) is 14.9. The Bertz CT molecular complexity index is 933. The van der Waals surface area contributed by atoms with Crippen LogP contribution in [0.4, 0.5) is 4.39 Å². The van der Waals surface area contributed by atoms with Gasteiger partial charge in [-0.2, -0.15) is 10.1 Å². The maximum absolute atomic E-state index is 13.1. The maximum Gasteiger partial charge on any atom is 0.270 e. The van der Waals surface area contributed by atoms with Gasteiger partial charge in [0.05, 0.1) is 12.2 Å². The van der Waals surface area contributed by atoms with E-state index in [4.69, 9.17) is 4.74 Å². The van der Waals surface area contributed by atoms with Crippen LogP contribution in [0, 0.1) is 5.82 Å². The predicted molar refractivity (Wildman–Crippen MR) is 93.7 cm³/mol. The number of carbonyl (C=O) groups excluding carboxylic acids is 1. The van der Waals surface area contributed by atoms with Crippen LogP contribution in [0.25, 0.3) is 5.78 Å². The second kappa shape index (κ2) is 7.07. The van der Waals surface area contributed by atoms with Gasteiger partial charge in [-0.15, -0.1) is 0 Å². The first-order valence-corrected chi connectivity index (χ1v) is 8.22. The molecular formula is C18H20FN5O2. The van der Waals surface area contributed by atoms with Crippen molar-refractivity contribution in [3.63, 3.8) is 0 Å². The molecule has 0 saturated carbocycles. The summed E-state index contributed by atoms with van der Waals surface area (Å²) in [7, 11) is 0. The fraction of sp³-hybridized carbons (Fsp3) is 0.333. The number of amides is 1. The van der Waals surface area contributed by atoms with Gasteiger partial charge in [0.25, 0.3) is 11.7 Å². The minimum absolute atomic E-state index is 0.217. The molecule has 2 heterocycles. The van der Waals surface area contributed by atoms with E-state index in [2.05, 4.69) is 20.4 Å². The molecule has 26 heavy (non-hydrogen) atoms. The van der Waals surface area contributed by atoms with E-state index in [1.54, 1.807) is 22.7 Å². The van der Waals surface area contributed by atoms with Gasteiger partial charge >= 0.3 is 0 Å². The lowest BCUT2D eigenvalue weighted by Crippen LogP contribution is -2.30. The van der Waals surface area contributed by atoms with Crippen molar-refractivity contribution < 1.29 is 13.9 Å². The lowest BCUT2D eigenvalue weighted by atomic mass is 9.91. The maximum atomic E-state index is 13.1. The SMILES string of the molecule is CC(C)(C)c1cc(C(=O)NCCOc2cccc(F)c2)nc2ncnn12. The Morgan fingerprint density at radius 2 is 2.12 bits per heavy atom. The van der Waals surface area contributed by atoms with Gasteiger partial charge in [-0.25, -0.2) is 13.9 Å². The van der Waals surface area contributed by atoms with Gasteiger partial charge in [0.2, 0.25) is 0 Å². The molecule has 136 valence electrons. The summed E-state index contributed by atoms with van der Waals surface area (Å²) >= 11 is 0. The van der Waals surface area contributed by atoms with Gasteiger partial charge < -0.3 is 10.1 Å². The van der Waals surface area contributed by atoms with Gasteiger partial charge in [-0.05, 0) is 18.2 Å². The summed E-state index contributed by atoms with van der Waals surface area (Å²) in [5, 5.41) is 6.90. The Balaban J connectivity index is 1.66. The Kier molecular flexibility index (Phi) is 4.83. The van der Waals surface area contributed by atoms with E-state index in [-0.39, 0.29) is 36.0 Å². The first-order chi connectivity index (χ1) is 12.3. The smallest absolute Gasteiger partial charge is 0.270 e. The number of aromatic nitrogens is 4. The number of ether oxygens (including phenoxy) is 1. The van der Waals surface area contributed by atoms with Crippen molar-refractivity contribution in [3.05, 3.63) is 53.9 Å². The van der Waals surface area contributed by atoms with Crippen molar-refractivity contribution in [2.75, 3.05) is 13.2 Å². The fourth-order valence-corrected chi connectivity index (χ4v) is 2.44. The van der Waals surface area contributed by atoms with Gasteiger partial charge in [-0.1, -0.05) is 26.8 Å². The van der Waals surface area contributed by atoms with Crippen LogP contribution in [-0.4, -0.2) is 38.6 Å². The predicted octanol–water partition coefficient (Wildman–Crippen LogP) is 2.37. The highest BCUT2D eigenvalue weighted by Crippen LogP contribution is 2.22. The highest BCUT2D eigenvalue weighted by atomic mass is 19.1. The molecule has 0 aliphatic rings. The second-order valence-electron chi connectivity index (χ2n) is 6.81. The highest BCUT2D eigenvalue weighted by Gasteiger charge is 2.22. The zero-order chi connectivity index (χ0) is 18.7. The monoisotopic (exact) mass is 357 g/mol. The molecule has 3 aromatic rings. The van der Waals surface area contributed by atoms with Crippen LogP contribution in [0.3, 0.4) is 0 Å². The van der Waals surface area contributed by atoms with Crippen LogP contribution in [0.1, 0.15) is 37.0 Å². The van der Waals surface area contributed by atoms with Gasteiger partial charge in [0, 0.05) is 11.5 Å². The molecule has 0 fully saturated rings. The molecule has 3 rings (SSSR count). The standard InChI is InChI=1S/C18H20FN5O2/c1-18(2,3)15-10-14(23-17-21-11-22-24(15)17)16(25)20-7-8-26-13-6-4-5-12(19)9-13/h4-6,9-11H,7-8H2,1-3H3,(H,20,25). The fourth-order valence-electron chi connectivity index (χ4n) is 2.44.